The highest BCUT2D eigenvalue weighted by atomic mass is 16.8. The number of methoxy groups -OCH3 is 1. The zero-order valence-corrected chi connectivity index (χ0v) is 7.44. The Balaban J connectivity index is 2.67. The zero-order valence-electron chi connectivity index (χ0n) is 7.44. The molecule has 0 aromatic carbocycles. The summed E-state index contributed by atoms with van der Waals surface area (Å²) in [6, 6.07) is 0. The fourth-order valence-corrected chi connectivity index (χ4v) is 1.18. The van der Waals surface area contributed by atoms with Crippen LogP contribution in [0.2, 0.25) is 0 Å². The second kappa shape index (κ2) is 4.67. The number of hydrogen-bond acceptors (Lipinski definition) is 7. The molecule has 0 radical (unpaired) electrons. The van der Waals surface area contributed by atoms with Gasteiger partial charge in [0.25, 0.3) is 6.47 Å². The van der Waals surface area contributed by atoms with Crippen molar-refractivity contribution in [2.75, 3.05) is 7.11 Å². The van der Waals surface area contributed by atoms with Crippen LogP contribution in [0.1, 0.15) is 0 Å². The van der Waals surface area contributed by atoms with Gasteiger partial charge < -0.3 is 29.5 Å². The Kier molecular flexibility index (Phi) is 3.78. The fraction of sp³-hybridized carbons (Fsp3) is 0.857. The minimum absolute atomic E-state index is 0.0744. The molecule has 82 valence electrons. The van der Waals surface area contributed by atoms with Crippen molar-refractivity contribution in [2.24, 2.45) is 0 Å². The third kappa shape index (κ3) is 2.02. The normalized spacial score (nSPS) is 43.3. The van der Waals surface area contributed by atoms with Crippen molar-refractivity contribution < 1.29 is 34.3 Å². The number of ether oxygens (including phenoxy) is 3. The van der Waals surface area contributed by atoms with Crippen LogP contribution in [-0.2, 0) is 19.0 Å². The molecule has 1 saturated heterocycles. The van der Waals surface area contributed by atoms with Gasteiger partial charge >= 0.3 is 0 Å². The van der Waals surface area contributed by atoms with E-state index in [0.717, 1.165) is 0 Å². The summed E-state index contributed by atoms with van der Waals surface area (Å²) in [5.74, 6) is 0. The van der Waals surface area contributed by atoms with E-state index in [1.54, 1.807) is 0 Å². The molecular weight excluding hydrogens is 196 g/mol. The van der Waals surface area contributed by atoms with E-state index in [4.69, 9.17) is 4.74 Å². The lowest BCUT2D eigenvalue weighted by molar-refractivity contribution is -0.334. The Bertz CT molecular complexity index is 194. The SMILES string of the molecule is CO[C@@H]1O[C@H](OC=O)[C@@H](O)[C@H](O)[C@H]1O. The first-order valence-corrected chi connectivity index (χ1v) is 3.93. The van der Waals surface area contributed by atoms with E-state index >= 15 is 0 Å². The molecule has 0 bridgehead atoms. The molecular formula is C7H12O7. The molecule has 0 unspecified atom stereocenters. The number of aliphatic hydroxyl groups is 3. The van der Waals surface area contributed by atoms with Crippen LogP contribution < -0.4 is 0 Å². The molecule has 1 rings (SSSR count). The monoisotopic (exact) mass is 208 g/mol. The predicted octanol–water partition coefficient (Wildman–Crippen LogP) is -2.43. The lowest BCUT2D eigenvalue weighted by Crippen LogP contribution is -2.58. The Morgan fingerprint density at radius 2 is 1.71 bits per heavy atom. The van der Waals surface area contributed by atoms with E-state index in [-0.39, 0.29) is 6.47 Å². The fourth-order valence-electron chi connectivity index (χ4n) is 1.18. The van der Waals surface area contributed by atoms with Gasteiger partial charge in [0.2, 0.25) is 6.29 Å². The molecule has 0 aliphatic carbocycles. The lowest BCUT2D eigenvalue weighted by Gasteiger charge is -2.38. The smallest absolute Gasteiger partial charge is 0.295 e. The van der Waals surface area contributed by atoms with Crippen LogP contribution in [0.25, 0.3) is 0 Å². The van der Waals surface area contributed by atoms with Gasteiger partial charge in [-0.25, -0.2) is 0 Å². The molecule has 0 amide bonds. The van der Waals surface area contributed by atoms with E-state index in [1.807, 2.05) is 0 Å². The van der Waals surface area contributed by atoms with Crippen molar-refractivity contribution in [1.82, 2.24) is 0 Å². The number of rotatable bonds is 3. The Labute approximate surface area is 79.8 Å². The molecule has 7 nitrogen and oxygen atoms in total. The third-order valence-corrected chi connectivity index (χ3v) is 1.95. The summed E-state index contributed by atoms with van der Waals surface area (Å²) in [7, 11) is 1.25. The number of carbonyl (C=O) groups excluding carboxylic acids is 1. The van der Waals surface area contributed by atoms with Crippen LogP contribution in [0, 0.1) is 0 Å². The quantitative estimate of drug-likeness (QED) is 0.443. The van der Waals surface area contributed by atoms with Crippen molar-refractivity contribution in [3.8, 4) is 0 Å². The van der Waals surface area contributed by atoms with Gasteiger partial charge in [0.05, 0.1) is 0 Å². The van der Waals surface area contributed by atoms with Crippen LogP contribution in [-0.4, -0.2) is 59.8 Å². The second-order valence-corrected chi connectivity index (χ2v) is 2.81. The van der Waals surface area contributed by atoms with Gasteiger partial charge in [0.15, 0.2) is 6.29 Å². The number of aliphatic hydroxyl groups excluding tert-OH is 3. The number of hydrogen-bond donors (Lipinski definition) is 3. The summed E-state index contributed by atoms with van der Waals surface area (Å²) in [5.41, 5.74) is 0. The van der Waals surface area contributed by atoms with Gasteiger partial charge in [-0.15, -0.1) is 0 Å². The van der Waals surface area contributed by atoms with Crippen molar-refractivity contribution in [3.63, 3.8) is 0 Å². The average Bonchev–Trinajstić information content (AvgIpc) is 2.19. The molecule has 0 aromatic heterocycles. The second-order valence-electron chi connectivity index (χ2n) is 2.81. The summed E-state index contributed by atoms with van der Waals surface area (Å²) in [5, 5.41) is 27.9. The summed E-state index contributed by atoms with van der Waals surface area (Å²) in [4.78, 5) is 10.0. The maximum Gasteiger partial charge on any atom is 0.295 e. The van der Waals surface area contributed by atoms with Gasteiger partial charge in [-0.1, -0.05) is 0 Å². The largest absolute Gasteiger partial charge is 0.435 e. The van der Waals surface area contributed by atoms with Crippen molar-refractivity contribution in [1.29, 1.82) is 0 Å². The van der Waals surface area contributed by atoms with Gasteiger partial charge in [-0.3, -0.25) is 4.79 Å². The first kappa shape index (κ1) is 11.3. The minimum atomic E-state index is -1.50. The molecule has 0 saturated carbocycles. The summed E-state index contributed by atoms with van der Waals surface area (Å²) < 4.78 is 13.8. The van der Waals surface area contributed by atoms with Gasteiger partial charge in [-0.05, 0) is 0 Å². The van der Waals surface area contributed by atoms with Crippen LogP contribution in [0.3, 0.4) is 0 Å². The maximum absolute atomic E-state index is 10.0. The Morgan fingerprint density at radius 3 is 2.21 bits per heavy atom. The van der Waals surface area contributed by atoms with E-state index in [1.165, 1.54) is 7.11 Å². The molecule has 1 heterocycles. The highest BCUT2D eigenvalue weighted by Gasteiger charge is 2.45. The van der Waals surface area contributed by atoms with Crippen molar-refractivity contribution in [3.05, 3.63) is 0 Å². The predicted molar refractivity (Wildman–Crippen MR) is 40.8 cm³/mol. The van der Waals surface area contributed by atoms with Crippen LogP contribution in [0.15, 0.2) is 0 Å². The minimum Gasteiger partial charge on any atom is -0.435 e. The van der Waals surface area contributed by atoms with E-state index in [0.29, 0.717) is 0 Å². The van der Waals surface area contributed by atoms with E-state index in [2.05, 4.69) is 9.47 Å². The molecule has 1 fully saturated rings. The molecule has 1 aliphatic rings. The Morgan fingerprint density at radius 1 is 1.14 bits per heavy atom. The summed E-state index contributed by atoms with van der Waals surface area (Å²) in [6.07, 6.45) is -6.85. The molecule has 7 heteroatoms. The van der Waals surface area contributed by atoms with Gasteiger partial charge in [-0.2, -0.15) is 0 Å². The third-order valence-electron chi connectivity index (χ3n) is 1.95. The first-order valence-electron chi connectivity index (χ1n) is 3.93. The van der Waals surface area contributed by atoms with E-state index < -0.39 is 30.9 Å². The van der Waals surface area contributed by atoms with Gasteiger partial charge in [0.1, 0.15) is 18.3 Å². The van der Waals surface area contributed by atoms with Crippen LogP contribution in [0.5, 0.6) is 0 Å². The van der Waals surface area contributed by atoms with Gasteiger partial charge in [0, 0.05) is 7.11 Å². The zero-order chi connectivity index (χ0) is 10.7. The topological polar surface area (TPSA) is 105 Å². The van der Waals surface area contributed by atoms with Crippen LogP contribution in [0.4, 0.5) is 0 Å². The number of carbonyl (C=O) groups is 1. The van der Waals surface area contributed by atoms with Crippen molar-refractivity contribution >= 4 is 6.47 Å². The first-order chi connectivity index (χ1) is 6.61. The van der Waals surface area contributed by atoms with Crippen molar-refractivity contribution in [2.45, 2.75) is 30.9 Å². The summed E-state index contributed by atoms with van der Waals surface area (Å²) in [6.45, 7) is 0.0744. The molecule has 0 spiro atoms. The highest BCUT2D eigenvalue weighted by Crippen LogP contribution is 2.21. The maximum atomic E-state index is 10.0. The average molecular weight is 208 g/mol. The van der Waals surface area contributed by atoms with Crippen LogP contribution >= 0.6 is 0 Å². The molecule has 3 N–H and O–H groups in total. The lowest BCUT2D eigenvalue weighted by atomic mass is 10.0. The molecule has 14 heavy (non-hydrogen) atoms. The molecule has 5 atom stereocenters. The highest BCUT2D eigenvalue weighted by molar-refractivity contribution is 5.37. The standard InChI is InChI=1S/C7H12O7/c1-12-6-4(10)3(9)5(11)7(14-6)13-2-8/h2-7,9-11H,1H3/t3-,4-,5+,6-,7+/m1/s1. The molecule has 0 aromatic rings. The summed E-state index contributed by atoms with van der Waals surface area (Å²) >= 11 is 0. The Hall–Kier alpha value is -0.730. The van der Waals surface area contributed by atoms with E-state index in [9.17, 15) is 20.1 Å². The molecule has 1 aliphatic heterocycles.